The first-order valence-corrected chi connectivity index (χ1v) is 13.8. The zero-order chi connectivity index (χ0) is 23.5. The molecule has 33 heavy (non-hydrogen) atoms. The fourth-order valence-electron chi connectivity index (χ4n) is 3.91. The molecule has 0 saturated carbocycles. The van der Waals surface area contributed by atoms with Gasteiger partial charge < -0.3 is 14.6 Å². The molecular weight excluding hydrogens is 476 g/mol. The number of thiophene rings is 2. The van der Waals surface area contributed by atoms with E-state index in [4.69, 9.17) is 4.74 Å². The topological polar surface area (TPSA) is 86.1 Å². The van der Waals surface area contributed by atoms with E-state index in [1.807, 2.05) is 0 Å². The Bertz CT molecular complexity index is 1160. The van der Waals surface area contributed by atoms with Crippen molar-refractivity contribution in [2.24, 2.45) is 0 Å². The number of hydrogen-bond acceptors (Lipinski definition) is 8. The van der Waals surface area contributed by atoms with Crippen LogP contribution in [0.15, 0.2) is 16.6 Å². The summed E-state index contributed by atoms with van der Waals surface area (Å²) in [7, 11) is 1.37. The second kappa shape index (κ2) is 10.4. The Labute approximate surface area is 206 Å². The Morgan fingerprint density at radius 1 is 1.30 bits per heavy atom. The lowest BCUT2D eigenvalue weighted by Crippen LogP contribution is -2.16. The molecule has 4 rings (SSSR count). The molecule has 1 aliphatic carbocycles. The summed E-state index contributed by atoms with van der Waals surface area (Å²) in [6, 6.07) is 2.18. The van der Waals surface area contributed by atoms with Crippen molar-refractivity contribution < 1.29 is 14.3 Å². The third-order valence-electron chi connectivity index (χ3n) is 5.51. The Hall–Kier alpha value is -2.17. The normalized spacial score (nSPS) is 12.9. The molecule has 3 aromatic heterocycles. The molecule has 0 aliphatic heterocycles. The lowest BCUT2D eigenvalue weighted by Gasteiger charge is -2.09. The molecule has 0 atom stereocenters. The van der Waals surface area contributed by atoms with Crippen molar-refractivity contribution in [3.63, 3.8) is 0 Å². The van der Waals surface area contributed by atoms with Crippen molar-refractivity contribution in [2.45, 2.75) is 64.1 Å². The standard InChI is InChI=1S/C23H28N4O3S3/c1-5-9-27-20(14-10-17(13(2)3)31-11-14)25-26-23(27)32-12-18(28)24-21-19(22(29)30-4)15-7-6-8-16(15)33-21/h10-11,13H,5-9,12H2,1-4H3,(H,24,28). The van der Waals surface area contributed by atoms with E-state index < -0.39 is 0 Å². The maximum absolute atomic E-state index is 12.8. The summed E-state index contributed by atoms with van der Waals surface area (Å²) in [5, 5.41) is 15.2. The Balaban J connectivity index is 1.48. The molecule has 1 amide bonds. The van der Waals surface area contributed by atoms with Gasteiger partial charge in [0.05, 0.1) is 18.4 Å². The molecule has 3 heterocycles. The molecule has 1 aliphatic rings. The molecule has 176 valence electrons. The molecule has 0 fully saturated rings. The van der Waals surface area contributed by atoms with E-state index in [0.29, 0.717) is 16.5 Å². The number of esters is 1. The van der Waals surface area contributed by atoms with Crippen LogP contribution in [0, 0.1) is 0 Å². The lowest BCUT2D eigenvalue weighted by atomic mass is 10.1. The van der Waals surface area contributed by atoms with Crippen molar-refractivity contribution in [1.82, 2.24) is 14.8 Å². The Kier molecular flexibility index (Phi) is 7.55. The molecule has 0 aromatic carbocycles. The van der Waals surface area contributed by atoms with Gasteiger partial charge in [0.2, 0.25) is 5.91 Å². The number of anilines is 1. The first-order chi connectivity index (χ1) is 15.9. The molecule has 10 heteroatoms. The highest BCUT2D eigenvalue weighted by molar-refractivity contribution is 7.99. The number of ether oxygens (including phenoxy) is 1. The van der Waals surface area contributed by atoms with E-state index in [9.17, 15) is 9.59 Å². The smallest absolute Gasteiger partial charge is 0.341 e. The number of amides is 1. The van der Waals surface area contributed by atoms with E-state index >= 15 is 0 Å². The third kappa shape index (κ3) is 5.02. The highest BCUT2D eigenvalue weighted by Gasteiger charge is 2.28. The van der Waals surface area contributed by atoms with Gasteiger partial charge in [-0.1, -0.05) is 32.5 Å². The number of nitrogens with one attached hydrogen (secondary N) is 1. The van der Waals surface area contributed by atoms with Gasteiger partial charge in [-0.05, 0) is 43.2 Å². The van der Waals surface area contributed by atoms with Gasteiger partial charge >= 0.3 is 5.97 Å². The van der Waals surface area contributed by atoms with Crippen molar-refractivity contribution in [2.75, 3.05) is 18.2 Å². The second-order valence-electron chi connectivity index (χ2n) is 8.24. The summed E-state index contributed by atoms with van der Waals surface area (Å²) in [5.41, 5.74) is 2.61. The number of methoxy groups -OCH3 is 1. The van der Waals surface area contributed by atoms with E-state index in [1.165, 1.54) is 40.0 Å². The van der Waals surface area contributed by atoms with Crippen LogP contribution in [0.2, 0.25) is 0 Å². The van der Waals surface area contributed by atoms with Crippen LogP contribution in [-0.2, 0) is 28.9 Å². The minimum atomic E-state index is -0.388. The molecule has 0 spiro atoms. The van der Waals surface area contributed by atoms with Crippen LogP contribution in [0.5, 0.6) is 0 Å². The number of thioether (sulfide) groups is 1. The first kappa shape index (κ1) is 24.0. The van der Waals surface area contributed by atoms with Gasteiger partial charge in [0.15, 0.2) is 11.0 Å². The van der Waals surface area contributed by atoms with Gasteiger partial charge in [-0.2, -0.15) is 0 Å². The quantitative estimate of drug-likeness (QED) is 0.301. The van der Waals surface area contributed by atoms with Crippen LogP contribution in [0.4, 0.5) is 5.00 Å². The molecule has 3 aromatic rings. The van der Waals surface area contributed by atoms with Crippen LogP contribution in [0.3, 0.4) is 0 Å². The lowest BCUT2D eigenvalue weighted by molar-refractivity contribution is -0.113. The Morgan fingerprint density at radius 3 is 2.82 bits per heavy atom. The van der Waals surface area contributed by atoms with Gasteiger partial charge in [-0.25, -0.2) is 4.79 Å². The molecule has 0 saturated heterocycles. The average molecular weight is 505 g/mol. The molecular formula is C23H28N4O3S3. The van der Waals surface area contributed by atoms with Gasteiger partial charge in [0.25, 0.3) is 0 Å². The molecule has 0 radical (unpaired) electrons. The average Bonchev–Trinajstić information content (AvgIpc) is 3.55. The van der Waals surface area contributed by atoms with Gasteiger partial charge in [-0.3, -0.25) is 4.79 Å². The summed E-state index contributed by atoms with van der Waals surface area (Å²) in [4.78, 5) is 27.6. The zero-order valence-electron chi connectivity index (χ0n) is 19.3. The summed E-state index contributed by atoms with van der Waals surface area (Å²) in [6.45, 7) is 7.26. The van der Waals surface area contributed by atoms with Crippen molar-refractivity contribution in [1.29, 1.82) is 0 Å². The number of fused-ring (bicyclic) bond motifs is 1. The largest absolute Gasteiger partial charge is 0.465 e. The highest BCUT2D eigenvalue weighted by atomic mass is 32.2. The Morgan fingerprint density at radius 2 is 2.12 bits per heavy atom. The predicted octanol–water partition coefficient (Wildman–Crippen LogP) is 5.61. The third-order valence-corrected chi connectivity index (χ3v) is 8.91. The number of aryl methyl sites for hydroxylation is 1. The molecule has 1 N–H and O–H groups in total. The minimum absolute atomic E-state index is 0.171. The van der Waals surface area contributed by atoms with E-state index in [0.717, 1.165) is 54.3 Å². The van der Waals surface area contributed by atoms with E-state index in [1.54, 1.807) is 11.3 Å². The zero-order valence-corrected chi connectivity index (χ0v) is 21.7. The summed E-state index contributed by atoms with van der Waals surface area (Å²) in [6.07, 6.45) is 3.77. The predicted molar refractivity (Wildman–Crippen MR) is 135 cm³/mol. The number of hydrogen-bond donors (Lipinski definition) is 1. The van der Waals surface area contributed by atoms with Gasteiger partial charge in [0.1, 0.15) is 5.00 Å². The van der Waals surface area contributed by atoms with E-state index in [2.05, 4.69) is 52.3 Å². The van der Waals surface area contributed by atoms with Crippen LogP contribution in [0.1, 0.15) is 65.2 Å². The van der Waals surface area contributed by atoms with Crippen LogP contribution in [0.25, 0.3) is 11.4 Å². The van der Waals surface area contributed by atoms with Crippen molar-refractivity contribution in [3.05, 3.63) is 32.3 Å². The van der Waals surface area contributed by atoms with Crippen LogP contribution >= 0.6 is 34.4 Å². The number of aromatic nitrogens is 3. The van der Waals surface area contributed by atoms with Gasteiger partial charge in [-0.15, -0.1) is 32.9 Å². The summed E-state index contributed by atoms with van der Waals surface area (Å²) < 4.78 is 7.05. The molecule has 0 bridgehead atoms. The van der Waals surface area contributed by atoms with Crippen LogP contribution in [-0.4, -0.2) is 39.5 Å². The number of carbonyl (C=O) groups excluding carboxylic acids is 2. The highest BCUT2D eigenvalue weighted by Crippen LogP contribution is 2.39. The number of nitrogens with zero attached hydrogens (tertiary/aromatic N) is 3. The SMILES string of the molecule is CCCn1c(SCC(=O)Nc2sc3c(c2C(=O)OC)CCC3)nnc1-c1csc(C(C)C)c1. The molecule has 0 unspecified atom stereocenters. The first-order valence-electron chi connectivity index (χ1n) is 11.1. The minimum Gasteiger partial charge on any atom is -0.465 e. The number of rotatable bonds is 9. The van der Waals surface area contributed by atoms with Gasteiger partial charge in [0, 0.05) is 27.2 Å². The second-order valence-corrected chi connectivity index (χ2v) is 11.2. The van der Waals surface area contributed by atoms with E-state index in [-0.39, 0.29) is 17.6 Å². The fraction of sp³-hybridized carbons (Fsp3) is 0.478. The maximum Gasteiger partial charge on any atom is 0.341 e. The monoisotopic (exact) mass is 504 g/mol. The fourth-order valence-corrected chi connectivity index (χ4v) is 6.87. The van der Waals surface area contributed by atoms with Crippen LogP contribution < -0.4 is 5.32 Å². The summed E-state index contributed by atoms with van der Waals surface area (Å²) >= 11 is 4.58. The number of carbonyl (C=O) groups is 2. The maximum atomic E-state index is 12.8. The van der Waals surface area contributed by atoms with Crippen molar-refractivity contribution in [3.8, 4) is 11.4 Å². The summed E-state index contributed by atoms with van der Waals surface area (Å²) in [5.74, 6) is 0.936. The van der Waals surface area contributed by atoms with Crippen molar-refractivity contribution >= 4 is 51.3 Å². The molecule has 7 nitrogen and oxygen atoms in total.